The Labute approximate surface area is 125 Å². The fraction of sp³-hybridized carbons (Fsp3) is 1.00. The van der Waals surface area contributed by atoms with Gasteiger partial charge in [-0.05, 0) is 50.1 Å². The van der Waals surface area contributed by atoms with Crippen molar-refractivity contribution in [3.8, 4) is 0 Å². The van der Waals surface area contributed by atoms with E-state index in [-0.39, 0.29) is 0 Å². The molecular weight excluding hydrogens is 248 g/mol. The molecule has 0 aromatic rings. The van der Waals surface area contributed by atoms with E-state index < -0.39 is 0 Å². The van der Waals surface area contributed by atoms with Crippen molar-refractivity contribution in [2.75, 3.05) is 32.8 Å². The SMILES string of the molecule is CCNC(C1CC(C)CC(C)C1)C1CN(CC)CCO1. The van der Waals surface area contributed by atoms with Gasteiger partial charge in [0.05, 0.1) is 12.7 Å². The van der Waals surface area contributed by atoms with Gasteiger partial charge < -0.3 is 10.1 Å². The Morgan fingerprint density at radius 1 is 1.15 bits per heavy atom. The van der Waals surface area contributed by atoms with Crippen LogP contribution in [0.4, 0.5) is 0 Å². The Kier molecular flexibility index (Phi) is 6.31. The van der Waals surface area contributed by atoms with Crippen LogP contribution in [0.15, 0.2) is 0 Å². The van der Waals surface area contributed by atoms with Crippen LogP contribution < -0.4 is 5.32 Å². The zero-order chi connectivity index (χ0) is 14.5. The molecule has 1 N–H and O–H groups in total. The molecule has 1 aliphatic carbocycles. The van der Waals surface area contributed by atoms with Crippen molar-refractivity contribution in [2.24, 2.45) is 17.8 Å². The predicted octanol–water partition coefficient (Wildman–Crippen LogP) is 2.76. The highest BCUT2D eigenvalue weighted by Crippen LogP contribution is 2.36. The minimum atomic E-state index is 0.381. The third-order valence-electron chi connectivity index (χ3n) is 5.19. The van der Waals surface area contributed by atoms with Gasteiger partial charge >= 0.3 is 0 Å². The second-order valence-corrected chi connectivity index (χ2v) is 7.06. The average Bonchev–Trinajstić information content (AvgIpc) is 2.43. The van der Waals surface area contributed by atoms with E-state index in [1.165, 1.54) is 19.3 Å². The summed E-state index contributed by atoms with van der Waals surface area (Å²) in [5.74, 6) is 2.53. The highest BCUT2D eigenvalue weighted by atomic mass is 16.5. The van der Waals surface area contributed by atoms with E-state index in [2.05, 4.69) is 37.9 Å². The first kappa shape index (κ1) is 16.3. The number of ether oxygens (including phenoxy) is 1. The van der Waals surface area contributed by atoms with Gasteiger partial charge in [0, 0.05) is 19.1 Å². The molecule has 0 amide bonds. The molecule has 0 aromatic carbocycles. The normalized spacial score (nSPS) is 37.8. The van der Waals surface area contributed by atoms with Crippen molar-refractivity contribution >= 4 is 0 Å². The number of morpholine rings is 1. The summed E-state index contributed by atoms with van der Waals surface area (Å²) >= 11 is 0. The molecule has 1 saturated heterocycles. The van der Waals surface area contributed by atoms with Crippen molar-refractivity contribution in [2.45, 2.75) is 59.1 Å². The number of likely N-dealkylation sites (N-methyl/N-ethyl adjacent to an activating group) is 2. The summed E-state index contributed by atoms with van der Waals surface area (Å²) in [4.78, 5) is 2.54. The molecule has 1 heterocycles. The second-order valence-electron chi connectivity index (χ2n) is 7.06. The van der Waals surface area contributed by atoms with Gasteiger partial charge in [0.25, 0.3) is 0 Å². The van der Waals surface area contributed by atoms with Gasteiger partial charge in [-0.2, -0.15) is 0 Å². The Balaban J connectivity index is 2.01. The Bertz CT molecular complexity index is 274. The molecule has 2 fully saturated rings. The van der Waals surface area contributed by atoms with Crippen molar-refractivity contribution in [1.82, 2.24) is 10.2 Å². The van der Waals surface area contributed by atoms with E-state index in [0.717, 1.165) is 50.5 Å². The van der Waals surface area contributed by atoms with Crippen molar-refractivity contribution in [1.29, 1.82) is 0 Å². The summed E-state index contributed by atoms with van der Waals surface area (Å²) in [5, 5.41) is 3.76. The highest BCUT2D eigenvalue weighted by Gasteiger charge is 2.36. The van der Waals surface area contributed by atoms with E-state index in [0.29, 0.717) is 12.1 Å². The molecule has 0 bridgehead atoms. The van der Waals surface area contributed by atoms with Gasteiger partial charge in [-0.3, -0.25) is 4.90 Å². The zero-order valence-corrected chi connectivity index (χ0v) is 13.9. The van der Waals surface area contributed by atoms with Crippen LogP contribution in [0, 0.1) is 17.8 Å². The minimum Gasteiger partial charge on any atom is -0.374 e. The third-order valence-corrected chi connectivity index (χ3v) is 5.19. The summed E-state index contributed by atoms with van der Waals surface area (Å²) in [6.07, 6.45) is 4.52. The van der Waals surface area contributed by atoms with Gasteiger partial charge in [-0.15, -0.1) is 0 Å². The Morgan fingerprint density at radius 3 is 2.45 bits per heavy atom. The van der Waals surface area contributed by atoms with Gasteiger partial charge in [-0.25, -0.2) is 0 Å². The maximum absolute atomic E-state index is 6.14. The van der Waals surface area contributed by atoms with Gasteiger partial charge in [0.1, 0.15) is 0 Å². The van der Waals surface area contributed by atoms with Crippen LogP contribution in [0.25, 0.3) is 0 Å². The molecule has 2 aliphatic rings. The van der Waals surface area contributed by atoms with Crippen LogP contribution in [0.5, 0.6) is 0 Å². The van der Waals surface area contributed by atoms with Crippen LogP contribution in [0.2, 0.25) is 0 Å². The van der Waals surface area contributed by atoms with Crippen LogP contribution in [-0.4, -0.2) is 49.8 Å². The lowest BCUT2D eigenvalue weighted by Crippen LogP contribution is -2.55. The molecule has 3 nitrogen and oxygen atoms in total. The molecule has 1 aliphatic heterocycles. The molecule has 1 saturated carbocycles. The molecule has 0 spiro atoms. The smallest absolute Gasteiger partial charge is 0.0857 e. The average molecular weight is 282 g/mol. The van der Waals surface area contributed by atoms with Crippen LogP contribution in [0.1, 0.15) is 47.0 Å². The molecule has 118 valence electrons. The lowest BCUT2D eigenvalue weighted by molar-refractivity contribution is -0.0611. The largest absolute Gasteiger partial charge is 0.374 e. The monoisotopic (exact) mass is 282 g/mol. The lowest BCUT2D eigenvalue weighted by atomic mass is 9.72. The first-order valence-corrected chi connectivity index (χ1v) is 8.71. The van der Waals surface area contributed by atoms with Gasteiger partial charge in [0.15, 0.2) is 0 Å². The van der Waals surface area contributed by atoms with Crippen LogP contribution in [0.3, 0.4) is 0 Å². The quantitative estimate of drug-likeness (QED) is 0.839. The standard InChI is InChI=1S/C17H34N2O/c1-5-18-17(15-10-13(3)9-14(4)11-15)16-12-19(6-2)7-8-20-16/h13-18H,5-12H2,1-4H3. The van der Waals surface area contributed by atoms with Crippen molar-refractivity contribution in [3.63, 3.8) is 0 Å². The van der Waals surface area contributed by atoms with Crippen LogP contribution >= 0.6 is 0 Å². The molecule has 2 rings (SSSR count). The lowest BCUT2D eigenvalue weighted by Gasteiger charge is -2.43. The molecule has 4 atom stereocenters. The summed E-state index contributed by atoms with van der Waals surface area (Å²) in [7, 11) is 0. The molecule has 3 heteroatoms. The molecule has 20 heavy (non-hydrogen) atoms. The first-order chi connectivity index (χ1) is 9.63. The summed E-state index contributed by atoms with van der Waals surface area (Å²) in [5.41, 5.74) is 0. The second kappa shape index (κ2) is 7.77. The van der Waals surface area contributed by atoms with E-state index in [4.69, 9.17) is 4.74 Å². The van der Waals surface area contributed by atoms with Gasteiger partial charge in [-0.1, -0.05) is 27.7 Å². The number of hydrogen-bond acceptors (Lipinski definition) is 3. The third kappa shape index (κ3) is 4.19. The van der Waals surface area contributed by atoms with Crippen molar-refractivity contribution < 1.29 is 4.74 Å². The molecule has 0 aromatic heterocycles. The first-order valence-electron chi connectivity index (χ1n) is 8.71. The molecule has 0 radical (unpaired) electrons. The fourth-order valence-corrected chi connectivity index (χ4v) is 4.38. The maximum atomic E-state index is 6.14. The Morgan fingerprint density at radius 2 is 1.85 bits per heavy atom. The van der Waals surface area contributed by atoms with E-state index in [1.807, 2.05) is 0 Å². The Hall–Kier alpha value is -0.120. The summed E-state index contributed by atoms with van der Waals surface area (Å²) in [6, 6.07) is 0.541. The minimum absolute atomic E-state index is 0.381. The zero-order valence-electron chi connectivity index (χ0n) is 13.9. The topological polar surface area (TPSA) is 24.5 Å². The summed E-state index contributed by atoms with van der Waals surface area (Å²) in [6.45, 7) is 14.6. The van der Waals surface area contributed by atoms with Gasteiger partial charge in [0.2, 0.25) is 0 Å². The number of nitrogens with zero attached hydrogens (tertiary/aromatic N) is 1. The number of rotatable bonds is 5. The molecular formula is C17H34N2O. The summed E-state index contributed by atoms with van der Waals surface area (Å²) < 4.78 is 6.14. The fourth-order valence-electron chi connectivity index (χ4n) is 4.38. The van der Waals surface area contributed by atoms with Crippen molar-refractivity contribution in [3.05, 3.63) is 0 Å². The number of hydrogen-bond donors (Lipinski definition) is 1. The predicted molar refractivity (Wildman–Crippen MR) is 85.0 cm³/mol. The van der Waals surface area contributed by atoms with E-state index in [1.54, 1.807) is 0 Å². The van der Waals surface area contributed by atoms with Crippen LogP contribution in [-0.2, 0) is 4.74 Å². The highest BCUT2D eigenvalue weighted by molar-refractivity contribution is 4.91. The maximum Gasteiger partial charge on any atom is 0.0857 e. The van der Waals surface area contributed by atoms with E-state index in [9.17, 15) is 0 Å². The van der Waals surface area contributed by atoms with E-state index >= 15 is 0 Å². The number of nitrogens with one attached hydrogen (secondary N) is 1. The molecule has 4 unspecified atom stereocenters.